The van der Waals surface area contributed by atoms with Gasteiger partial charge in [-0.3, -0.25) is 0 Å². The zero-order valence-corrected chi connectivity index (χ0v) is 23.4. The number of hydrogen-bond acceptors (Lipinski definition) is 8. The van der Waals surface area contributed by atoms with E-state index in [4.69, 9.17) is 4.42 Å². The van der Waals surface area contributed by atoms with Crippen LogP contribution in [0.2, 0.25) is 0 Å². The van der Waals surface area contributed by atoms with Gasteiger partial charge in [-0.15, -0.1) is 23.4 Å². The van der Waals surface area contributed by atoms with E-state index in [0.717, 1.165) is 37.9 Å². The molecule has 1 aliphatic carbocycles. The van der Waals surface area contributed by atoms with Crippen LogP contribution in [0.3, 0.4) is 0 Å². The van der Waals surface area contributed by atoms with Crippen molar-refractivity contribution in [3.05, 3.63) is 54.7 Å². The third-order valence-corrected chi connectivity index (χ3v) is 8.25. The number of tetrazole rings is 1. The van der Waals surface area contributed by atoms with Crippen LogP contribution in [-0.2, 0) is 7.05 Å². The molecule has 2 aliphatic rings. The first-order chi connectivity index (χ1) is 20.3. The molecule has 1 aliphatic heterocycles. The monoisotopic (exact) mass is 581 g/mol. The third-order valence-electron chi connectivity index (χ3n) is 8.25. The highest BCUT2D eigenvalue weighted by Crippen LogP contribution is 2.36. The molecule has 222 valence electrons. The first-order valence-corrected chi connectivity index (χ1v) is 14.5. The highest BCUT2D eigenvalue weighted by atomic mass is 19.4. The lowest BCUT2D eigenvalue weighted by molar-refractivity contribution is -0.274. The van der Waals surface area contributed by atoms with Gasteiger partial charge in [-0.05, 0) is 97.7 Å². The van der Waals surface area contributed by atoms with Crippen LogP contribution in [-0.4, -0.2) is 50.7 Å². The number of piperidine rings is 1. The Hall–Kier alpha value is -4.09. The summed E-state index contributed by atoms with van der Waals surface area (Å²) in [6.45, 7) is 2.08. The molecule has 0 unspecified atom stereocenters. The van der Waals surface area contributed by atoms with Gasteiger partial charge in [0.25, 0.3) is 6.01 Å². The SMILES string of the molecule is Cn1nnc(-c2ccc(N3CCC[C@H](C[C@@H]4CCCC[C@H]4Nc4ncc(-c5ccc(OC(F)(F)F)cc5)o4)C3)cc2)n1. The fourth-order valence-corrected chi connectivity index (χ4v) is 6.27. The Balaban J connectivity index is 1.06. The molecule has 3 heterocycles. The van der Waals surface area contributed by atoms with Crippen molar-refractivity contribution in [3.8, 4) is 28.5 Å². The van der Waals surface area contributed by atoms with Crippen molar-refractivity contribution in [3.63, 3.8) is 0 Å². The summed E-state index contributed by atoms with van der Waals surface area (Å²) in [4.78, 5) is 8.37. The molecule has 1 saturated carbocycles. The molecular weight excluding hydrogens is 547 g/mol. The molecule has 42 heavy (non-hydrogen) atoms. The van der Waals surface area contributed by atoms with Gasteiger partial charge in [0.2, 0.25) is 5.82 Å². The number of aryl methyl sites for hydroxylation is 1. The Morgan fingerprint density at radius 3 is 2.48 bits per heavy atom. The van der Waals surface area contributed by atoms with Gasteiger partial charge < -0.3 is 19.4 Å². The van der Waals surface area contributed by atoms with Crippen molar-refractivity contribution in [1.29, 1.82) is 0 Å². The predicted molar refractivity (Wildman–Crippen MR) is 152 cm³/mol. The van der Waals surface area contributed by atoms with Crippen molar-refractivity contribution >= 4 is 11.7 Å². The van der Waals surface area contributed by atoms with Crippen LogP contribution in [0.4, 0.5) is 24.9 Å². The number of rotatable bonds is 8. The Kier molecular flexibility index (Phi) is 8.03. The lowest BCUT2D eigenvalue weighted by atomic mass is 9.77. The van der Waals surface area contributed by atoms with E-state index < -0.39 is 6.36 Å². The van der Waals surface area contributed by atoms with E-state index in [0.29, 0.717) is 35.0 Å². The summed E-state index contributed by atoms with van der Waals surface area (Å²) in [6.07, 6.45) is 5.01. The van der Waals surface area contributed by atoms with Crippen molar-refractivity contribution in [2.24, 2.45) is 18.9 Å². The topological polar surface area (TPSA) is 94.1 Å². The average Bonchev–Trinajstić information content (AvgIpc) is 3.63. The van der Waals surface area contributed by atoms with Crippen molar-refractivity contribution in [2.45, 2.75) is 57.3 Å². The van der Waals surface area contributed by atoms with Gasteiger partial charge in [-0.2, -0.15) is 4.80 Å². The largest absolute Gasteiger partial charge is 0.573 e. The molecule has 1 saturated heterocycles. The normalized spacial score (nSPS) is 21.3. The van der Waals surface area contributed by atoms with Crippen LogP contribution < -0.4 is 15.0 Å². The van der Waals surface area contributed by atoms with Crippen LogP contribution in [0.5, 0.6) is 5.75 Å². The van der Waals surface area contributed by atoms with Crippen LogP contribution in [0.15, 0.2) is 59.1 Å². The summed E-state index contributed by atoms with van der Waals surface area (Å²) in [5.74, 6) is 1.97. The fraction of sp³-hybridized carbons (Fsp3) is 0.467. The summed E-state index contributed by atoms with van der Waals surface area (Å²) >= 11 is 0. The number of ether oxygens (including phenoxy) is 1. The van der Waals surface area contributed by atoms with Gasteiger partial charge in [0.15, 0.2) is 5.76 Å². The number of nitrogens with zero attached hydrogens (tertiary/aromatic N) is 6. The second-order valence-electron chi connectivity index (χ2n) is 11.2. The number of nitrogens with one attached hydrogen (secondary N) is 1. The molecule has 0 spiro atoms. The lowest BCUT2D eigenvalue weighted by Gasteiger charge is -2.39. The number of oxazole rings is 1. The van der Waals surface area contributed by atoms with E-state index >= 15 is 0 Å². The van der Waals surface area contributed by atoms with E-state index in [-0.39, 0.29) is 11.8 Å². The summed E-state index contributed by atoms with van der Waals surface area (Å²) < 4.78 is 47.3. The van der Waals surface area contributed by atoms with Crippen molar-refractivity contribution in [1.82, 2.24) is 25.2 Å². The number of anilines is 2. The first kappa shape index (κ1) is 28.0. The second kappa shape index (κ2) is 12.0. The predicted octanol–water partition coefficient (Wildman–Crippen LogP) is 6.71. The summed E-state index contributed by atoms with van der Waals surface area (Å²) in [7, 11) is 1.76. The van der Waals surface area contributed by atoms with Crippen molar-refractivity contribution < 1.29 is 22.3 Å². The first-order valence-electron chi connectivity index (χ1n) is 14.5. The molecule has 12 heteroatoms. The van der Waals surface area contributed by atoms with Gasteiger partial charge in [0, 0.05) is 35.9 Å². The van der Waals surface area contributed by atoms with Gasteiger partial charge in [-0.25, -0.2) is 4.98 Å². The zero-order chi connectivity index (χ0) is 29.1. The molecular formula is C30H34F3N7O2. The maximum atomic E-state index is 12.5. The van der Waals surface area contributed by atoms with E-state index in [1.807, 2.05) is 0 Å². The summed E-state index contributed by atoms with van der Waals surface area (Å²) in [5.41, 5.74) is 2.81. The highest BCUT2D eigenvalue weighted by molar-refractivity contribution is 5.60. The number of alkyl halides is 3. The summed E-state index contributed by atoms with van der Waals surface area (Å²) in [6, 6.07) is 14.7. The smallest absolute Gasteiger partial charge is 0.424 e. The minimum atomic E-state index is -4.72. The molecule has 2 aromatic heterocycles. The van der Waals surface area contributed by atoms with Crippen LogP contribution in [0.1, 0.15) is 44.9 Å². The van der Waals surface area contributed by atoms with Crippen LogP contribution >= 0.6 is 0 Å². The van der Waals surface area contributed by atoms with E-state index in [1.54, 1.807) is 13.2 Å². The van der Waals surface area contributed by atoms with Gasteiger partial charge >= 0.3 is 6.36 Å². The van der Waals surface area contributed by atoms with Gasteiger partial charge in [-0.1, -0.05) is 12.8 Å². The Bertz CT molecular complexity index is 1450. The van der Waals surface area contributed by atoms with Crippen molar-refractivity contribution in [2.75, 3.05) is 23.3 Å². The Labute approximate surface area is 242 Å². The number of aromatic nitrogens is 5. The third kappa shape index (κ3) is 6.85. The van der Waals surface area contributed by atoms with Gasteiger partial charge in [0.1, 0.15) is 5.75 Å². The number of hydrogen-bond donors (Lipinski definition) is 1. The fourth-order valence-electron chi connectivity index (χ4n) is 6.27. The molecule has 1 N–H and O–H groups in total. The summed E-state index contributed by atoms with van der Waals surface area (Å²) in [5, 5.41) is 15.9. The number of halogens is 3. The maximum absolute atomic E-state index is 12.5. The van der Waals surface area contributed by atoms with Gasteiger partial charge in [0.05, 0.1) is 13.2 Å². The molecule has 3 atom stereocenters. The zero-order valence-electron chi connectivity index (χ0n) is 23.4. The maximum Gasteiger partial charge on any atom is 0.573 e. The Morgan fingerprint density at radius 2 is 1.74 bits per heavy atom. The molecule has 9 nitrogen and oxygen atoms in total. The highest BCUT2D eigenvalue weighted by Gasteiger charge is 2.32. The molecule has 0 amide bonds. The quantitative estimate of drug-likeness (QED) is 0.246. The minimum absolute atomic E-state index is 0.266. The molecule has 0 bridgehead atoms. The Morgan fingerprint density at radius 1 is 0.976 bits per heavy atom. The van der Waals surface area contributed by atoms with E-state index in [1.165, 1.54) is 60.4 Å². The van der Waals surface area contributed by atoms with Crippen LogP contribution in [0.25, 0.3) is 22.7 Å². The standard InChI is InChI=1S/C30H34F3N7O2/c1-39-37-28(36-38-39)22-8-12-24(13-9-22)40-16-4-5-20(19-40)17-23-6-2-3-7-26(23)35-29-34-18-27(41-29)21-10-14-25(15-11-21)42-30(31,32)33/h8-15,18,20,23,26H,2-7,16-17,19H2,1H3,(H,34,35)/t20-,23+,26-/m1/s1. The molecule has 2 aromatic carbocycles. The second-order valence-corrected chi connectivity index (χ2v) is 11.2. The average molecular weight is 582 g/mol. The molecule has 0 radical (unpaired) electrons. The molecule has 4 aromatic rings. The van der Waals surface area contributed by atoms with E-state index in [9.17, 15) is 13.2 Å². The van der Waals surface area contributed by atoms with Crippen LogP contribution in [0, 0.1) is 11.8 Å². The molecule has 2 fully saturated rings. The lowest BCUT2D eigenvalue weighted by Crippen LogP contribution is -2.39. The number of benzene rings is 2. The van der Waals surface area contributed by atoms with E-state index in [2.05, 4.69) is 59.6 Å². The molecule has 6 rings (SSSR count). The minimum Gasteiger partial charge on any atom is -0.424 e.